The van der Waals surface area contributed by atoms with Crippen LogP contribution in [0, 0.1) is 5.92 Å². The van der Waals surface area contributed by atoms with Crippen molar-refractivity contribution in [3.05, 3.63) is 23.8 Å². The maximum Gasteiger partial charge on any atom is 0.389 e. The zero-order chi connectivity index (χ0) is 26.0. The zero-order valence-corrected chi connectivity index (χ0v) is 21.4. The quantitative estimate of drug-likeness (QED) is 0.559. The van der Waals surface area contributed by atoms with Crippen LogP contribution in [0.1, 0.15) is 75.6 Å². The second-order valence-electron chi connectivity index (χ2n) is 11.1. The lowest BCUT2D eigenvalue weighted by Gasteiger charge is -2.35. The van der Waals surface area contributed by atoms with Crippen LogP contribution in [0.4, 0.5) is 13.2 Å². The molecule has 7 nitrogen and oxygen atoms in total. The van der Waals surface area contributed by atoms with Crippen LogP contribution in [0.3, 0.4) is 0 Å². The minimum Gasteiger partial charge on any atom is -0.474 e. The number of hydrogen-bond acceptors (Lipinski definition) is 7. The van der Waals surface area contributed by atoms with E-state index in [2.05, 4.69) is 14.9 Å². The van der Waals surface area contributed by atoms with E-state index in [9.17, 15) is 18.3 Å². The van der Waals surface area contributed by atoms with E-state index >= 15 is 0 Å². The number of hydrogen-bond donors (Lipinski definition) is 1. The van der Waals surface area contributed by atoms with E-state index in [1.165, 1.54) is 0 Å². The summed E-state index contributed by atoms with van der Waals surface area (Å²) in [5.74, 6) is 0.483. The molecule has 0 amide bonds. The Morgan fingerprint density at radius 1 is 1.08 bits per heavy atom. The molecule has 3 fully saturated rings. The van der Waals surface area contributed by atoms with Gasteiger partial charge in [-0.1, -0.05) is 6.92 Å². The van der Waals surface area contributed by atoms with E-state index in [-0.39, 0.29) is 24.5 Å². The minimum atomic E-state index is -4.21. The van der Waals surface area contributed by atoms with Gasteiger partial charge in [0.25, 0.3) is 0 Å². The second-order valence-corrected chi connectivity index (χ2v) is 11.1. The Kier molecular flexibility index (Phi) is 8.16. The molecule has 4 heterocycles. The first-order valence-corrected chi connectivity index (χ1v) is 13.6. The van der Waals surface area contributed by atoms with Gasteiger partial charge < -0.3 is 14.6 Å². The Morgan fingerprint density at radius 2 is 1.84 bits per heavy atom. The summed E-state index contributed by atoms with van der Waals surface area (Å²) in [6.07, 6.45) is 4.29. The summed E-state index contributed by atoms with van der Waals surface area (Å²) >= 11 is 0. The molecule has 0 bridgehead atoms. The topological polar surface area (TPSA) is 80.6 Å². The highest BCUT2D eigenvalue weighted by Gasteiger charge is 2.32. The number of nitrogens with zero attached hydrogens (tertiary/aromatic N) is 4. The number of likely N-dealkylation sites (tertiary alicyclic amines) is 1. The van der Waals surface area contributed by atoms with Crippen LogP contribution < -0.4 is 4.74 Å². The van der Waals surface area contributed by atoms with Gasteiger partial charge in [-0.3, -0.25) is 4.90 Å². The van der Waals surface area contributed by atoms with Gasteiger partial charge >= 0.3 is 6.18 Å². The number of piperidine rings is 1. The molecule has 1 N–H and O–H groups in total. The van der Waals surface area contributed by atoms with E-state index in [0.717, 1.165) is 82.3 Å². The Balaban J connectivity index is 1.36. The van der Waals surface area contributed by atoms with Crippen molar-refractivity contribution in [3.63, 3.8) is 0 Å². The fourth-order valence-corrected chi connectivity index (χ4v) is 6.04. The first kappa shape index (κ1) is 26.6. The van der Waals surface area contributed by atoms with Crippen molar-refractivity contribution in [2.45, 2.75) is 95.1 Å². The lowest BCUT2D eigenvalue weighted by Crippen LogP contribution is -2.44. The predicted octanol–water partition coefficient (Wildman–Crippen LogP) is 4.81. The highest BCUT2D eigenvalue weighted by Crippen LogP contribution is 2.38. The summed E-state index contributed by atoms with van der Waals surface area (Å²) in [6, 6.07) is 0.500. The smallest absolute Gasteiger partial charge is 0.389 e. The van der Waals surface area contributed by atoms with Crippen LogP contribution in [0.2, 0.25) is 0 Å². The molecule has 37 heavy (non-hydrogen) atoms. The number of alkyl halides is 3. The highest BCUT2D eigenvalue weighted by molar-refractivity contribution is 5.85. The number of rotatable bonds is 7. The van der Waals surface area contributed by atoms with Crippen molar-refractivity contribution < 1.29 is 27.8 Å². The van der Waals surface area contributed by atoms with Gasteiger partial charge in [-0.05, 0) is 56.8 Å². The molecule has 1 saturated carbocycles. The van der Waals surface area contributed by atoms with Gasteiger partial charge in [0.1, 0.15) is 11.9 Å². The van der Waals surface area contributed by atoms with Crippen molar-refractivity contribution in [1.82, 2.24) is 19.9 Å². The Labute approximate surface area is 215 Å². The molecular weight excluding hydrogens is 485 g/mol. The maximum absolute atomic E-state index is 12.9. The number of aliphatic hydroxyl groups is 1. The van der Waals surface area contributed by atoms with Crippen LogP contribution in [-0.4, -0.2) is 75.7 Å². The average molecular weight is 523 g/mol. The van der Waals surface area contributed by atoms with Crippen LogP contribution in [0.15, 0.2) is 12.4 Å². The molecule has 2 aromatic rings. The Bertz CT molecular complexity index is 1050. The largest absolute Gasteiger partial charge is 0.474 e. The normalized spacial score (nSPS) is 27.0. The van der Waals surface area contributed by atoms with E-state index in [1.54, 1.807) is 13.1 Å². The van der Waals surface area contributed by atoms with E-state index < -0.39 is 18.5 Å². The first-order valence-electron chi connectivity index (χ1n) is 13.6. The number of pyridine rings is 1. The van der Waals surface area contributed by atoms with Gasteiger partial charge in [0.15, 0.2) is 0 Å². The molecule has 0 aromatic carbocycles. The van der Waals surface area contributed by atoms with Crippen molar-refractivity contribution in [2.75, 3.05) is 26.3 Å². The Hall–Kier alpha value is -2.04. The summed E-state index contributed by atoms with van der Waals surface area (Å²) in [5, 5.41) is 10.7. The highest BCUT2D eigenvalue weighted by atomic mass is 19.4. The Morgan fingerprint density at radius 3 is 2.51 bits per heavy atom. The summed E-state index contributed by atoms with van der Waals surface area (Å²) in [7, 11) is 0. The molecule has 0 spiro atoms. The predicted molar refractivity (Wildman–Crippen MR) is 133 cm³/mol. The summed E-state index contributed by atoms with van der Waals surface area (Å²) < 4.78 is 50.6. The lowest BCUT2D eigenvalue weighted by atomic mass is 9.82. The van der Waals surface area contributed by atoms with E-state index in [0.29, 0.717) is 23.1 Å². The summed E-state index contributed by atoms with van der Waals surface area (Å²) in [4.78, 5) is 16.4. The minimum absolute atomic E-state index is 0.0384. The third-order valence-electron chi connectivity index (χ3n) is 8.09. The van der Waals surface area contributed by atoms with Gasteiger partial charge in [-0.2, -0.15) is 13.2 Å². The number of halogens is 3. The van der Waals surface area contributed by atoms with Crippen LogP contribution in [0.25, 0.3) is 10.9 Å². The standard InChI is InChI=1S/C27H37F3N4O3/c1-17(13-27(28,29)30)12-24-31-15-23-25(33-24)22(18-2-4-20(35)5-3-18)14-32-26(23)37-21-6-9-34(10-7-21)19-8-11-36-16-19/h14-15,17-21,35H,2-13,16H2,1H3/t17-,18?,19-,20?/m1/s1. The molecule has 3 aliphatic rings. The van der Waals surface area contributed by atoms with Gasteiger partial charge in [-0.15, -0.1) is 0 Å². The lowest BCUT2D eigenvalue weighted by molar-refractivity contribution is -0.143. The van der Waals surface area contributed by atoms with Crippen LogP contribution >= 0.6 is 0 Å². The molecule has 2 aromatic heterocycles. The molecule has 2 saturated heterocycles. The van der Waals surface area contributed by atoms with Crippen LogP contribution in [0.5, 0.6) is 5.88 Å². The van der Waals surface area contributed by atoms with Crippen molar-refractivity contribution in [2.24, 2.45) is 5.92 Å². The van der Waals surface area contributed by atoms with Crippen molar-refractivity contribution >= 4 is 10.9 Å². The molecule has 204 valence electrons. The van der Waals surface area contributed by atoms with Gasteiger partial charge in [0.2, 0.25) is 5.88 Å². The molecule has 2 atom stereocenters. The third-order valence-corrected chi connectivity index (χ3v) is 8.09. The summed E-state index contributed by atoms with van der Waals surface area (Å²) in [5.41, 5.74) is 1.69. The maximum atomic E-state index is 12.9. The van der Waals surface area contributed by atoms with E-state index in [4.69, 9.17) is 14.5 Å². The number of ether oxygens (including phenoxy) is 2. The monoisotopic (exact) mass is 522 g/mol. The molecule has 1 aliphatic carbocycles. The SMILES string of the molecule is C[C@H](Cc1ncc2c(OC3CCN([C@@H]4CCOC4)CC3)ncc(C3CCC(O)CC3)c2n1)CC(F)(F)F. The first-order chi connectivity index (χ1) is 17.7. The number of fused-ring (bicyclic) bond motifs is 1. The van der Waals surface area contributed by atoms with Crippen molar-refractivity contribution in [1.29, 1.82) is 0 Å². The van der Waals surface area contributed by atoms with E-state index in [1.807, 2.05) is 6.20 Å². The number of aromatic nitrogens is 3. The number of aliphatic hydroxyl groups excluding tert-OH is 1. The molecule has 0 unspecified atom stereocenters. The van der Waals surface area contributed by atoms with Crippen LogP contribution in [-0.2, 0) is 11.2 Å². The zero-order valence-electron chi connectivity index (χ0n) is 21.4. The van der Waals surface area contributed by atoms with Gasteiger partial charge in [0, 0.05) is 56.5 Å². The molecule has 10 heteroatoms. The average Bonchev–Trinajstić information content (AvgIpc) is 3.39. The third kappa shape index (κ3) is 6.70. The fraction of sp³-hybridized carbons (Fsp3) is 0.741. The fourth-order valence-electron chi connectivity index (χ4n) is 6.04. The molecule has 5 rings (SSSR count). The molecular formula is C27H37F3N4O3. The van der Waals surface area contributed by atoms with Crippen molar-refractivity contribution in [3.8, 4) is 5.88 Å². The molecule has 0 radical (unpaired) electrons. The van der Waals surface area contributed by atoms with Gasteiger partial charge in [-0.25, -0.2) is 15.0 Å². The molecule has 2 aliphatic heterocycles. The second kappa shape index (κ2) is 11.4. The summed E-state index contributed by atoms with van der Waals surface area (Å²) in [6.45, 7) is 5.13. The van der Waals surface area contributed by atoms with Gasteiger partial charge in [0.05, 0.1) is 23.6 Å².